The molecule has 0 fully saturated rings. The maximum absolute atomic E-state index is 6.18. The summed E-state index contributed by atoms with van der Waals surface area (Å²) in [5.41, 5.74) is 2.12. The molecule has 0 N–H and O–H groups in total. The minimum Gasteiger partial charge on any atom is -0.261 e. The average molecular weight is 263 g/mol. The second kappa shape index (κ2) is 4.61. The predicted octanol–water partition coefficient (Wildman–Crippen LogP) is 3.19. The fraction of sp³-hybridized carbons (Fsp3) is 0.385. The van der Waals surface area contributed by atoms with Crippen LogP contribution in [0.1, 0.15) is 32.2 Å². The average Bonchev–Trinajstić information content (AvgIpc) is 2.32. The Morgan fingerprint density at radius 1 is 1.11 bits per heavy atom. The predicted molar refractivity (Wildman–Crippen MR) is 71.5 cm³/mol. The molecule has 0 saturated heterocycles. The van der Waals surface area contributed by atoms with E-state index < -0.39 is 0 Å². The molecule has 2 heterocycles. The van der Waals surface area contributed by atoms with Gasteiger partial charge >= 0.3 is 0 Å². The molecular weight excluding hydrogens is 248 g/mol. The first-order valence-electron chi connectivity index (χ1n) is 5.70. The third-order valence-corrected chi connectivity index (χ3v) is 2.93. The Bertz CT molecular complexity index is 561. The summed E-state index contributed by atoms with van der Waals surface area (Å²) in [6.45, 7) is 8.04. The standard InChI is InChI=1S/C13H15ClN4/c1-8-10(9-7-15-5-6-16-9)17-12(13(2,3)4)18-11(8)14/h5-7H,1-4H3. The van der Waals surface area contributed by atoms with Gasteiger partial charge in [0.15, 0.2) is 0 Å². The van der Waals surface area contributed by atoms with Crippen molar-refractivity contribution in [1.29, 1.82) is 0 Å². The van der Waals surface area contributed by atoms with Crippen LogP contribution in [0.15, 0.2) is 18.6 Å². The molecule has 0 unspecified atom stereocenters. The first-order valence-corrected chi connectivity index (χ1v) is 6.08. The molecule has 0 amide bonds. The molecule has 18 heavy (non-hydrogen) atoms. The van der Waals surface area contributed by atoms with Crippen molar-refractivity contribution in [3.63, 3.8) is 0 Å². The van der Waals surface area contributed by atoms with Gasteiger partial charge < -0.3 is 0 Å². The summed E-state index contributed by atoms with van der Waals surface area (Å²) in [5.74, 6) is 0.707. The van der Waals surface area contributed by atoms with Crippen LogP contribution in [-0.4, -0.2) is 19.9 Å². The van der Waals surface area contributed by atoms with Gasteiger partial charge in [-0.25, -0.2) is 9.97 Å². The largest absolute Gasteiger partial charge is 0.261 e. The normalized spacial score (nSPS) is 11.6. The van der Waals surface area contributed by atoms with Crippen LogP contribution in [0.25, 0.3) is 11.4 Å². The molecule has 0 aliphatic carbocycles. The Hall–Kier alpha value is -1.55. The SMILES string of the molecule is Cc1c(Cl)nc(C(C)(C)C)nc1-c1cnccn1. The van der Waals surface area contributed by atoms with Gasteiger partial charge in [-0.3, -0.25) is 9.97 Å². The van der Waals surface area contributed by atoms with Gasteiger partial charge in [0.05, 0.1) is 11.9 Å². The Balaban J connectivity index is 2.64. The van der Waals surface area contributed by atoms with Crippen molar-refractivity contribution in [2.24, 2.45) is 0 Å². The zero-order chi connectivity index (χ0) is 13.3. The minimum absolute atomic E-state index is 0.158. The highest BCUT2D eigenvalue weighted by atomic mass is 35.5. The van der Waals surface area contributed by atoms with E-state index in [-0.39, 0.29) is 5.41 Å². The lowest BCUT2D eigenvalue weighted by Gasteiger charge is -2.18. The smallest absolute Gasteiger partial charge is 0.136 e. The van der Waals surface area contributed by atoms with Crippen molar-refractivity contribution in [2.45, 2.75) is 33.1 Å². The number of hydrogen-bond acceptors (Lipinski definition) is 4. The van der Waals surface area contributed by atoms with E-state index in [0.29, 0.717) is 16.7 Å². The summed E-state index contributed by atoms with van der Waals surface area (Å²) >= 11 is 6.18. The van der Waals surface area contributed by atoms with Gasteiger partial charge in [-0.15, -0.1) is 0 Å². The fourth-order valence-corrected chi connectivity index (χ4v) is 1.67. The van der Waals surface area contributed by atoms with Gasteiger partial charge in [-0.05, 0) is 6.92 Å². The van der Waals surface area contributed by atoms with E-state index >= 15 is 0 Å². The minimum atomic E-state index is -0.158. The molecular formula is C13H15ClN4. The van der Waals surface area contributed by atoms with Crippen molar-refractivity contribution in [2.75, 3.05) is 0 Å². The molecule has 0 aliphatic rings. The van der Waals surface area contributed by atoms with Crippen molar-refractivity contribution in [3.8, 4) is 11.4 Å². The summed E-state index contributed by atoms with van der Waals surface area (Å²) in [6.07, 6.45) is 4.95. The second-order valence-electron chi connectivity index (χ2n) is 5.15. The van der Waals surface area contributed by atoms with Gasteiger partial charge in [0, 0.05) is 23.4 Å². The molecule has 0 atom stereocenters. The molecule has 0 spiro atoms. The van der Waals surface area contributed by atoms with Crippen molar-refractivity contribution in [1.82, 2.24) is 19.9 Å². The molecule has 2 aromatic rings. The molecule has 2 rings (SSSR count). The second-order valence-corrected chi connectivity index (χ2v) is 5.51. The van der Waals surface area contributed by atoms with E-state index in [1.165, 1.54) is 0 Å². The van der Waals surface area contributed by atoms with E-state index in [4.69, 9.17) is 11.6 Å². The van der Waals surface area contributed by atoms with E-state index in [9.17, 15) is 0 Å². The summed E-state index contributed by atoms with van der Waals surface area (Å²) in [7, 11) is 0. The lowest BCUT2D eigenvalue weighted by molar-refractivity contribution is 0.545. The van der Waals surface area contributed by atoms with Crippen molar-refractivity contribution >= 4 is 11.6 Å². The zero-order valence-corrected chi connectivity index (χ0v) is 11.7. The molecule has 0 bridgehead atoms. The highest BCUT2D eigenvalue weighted by molar-refractivity contribution is 6.30. The Morgan fingerprint density at radius 2 is 1.83 bits per heavy atom. The topological polar surface area (TPSA) is 51.6 Å². The van der Waals surface area contributed by atoms with Gasteiger partial charge in [0.25, 0.3) is 0 Å². The summed E-state index contributed by atoms with van der Waals surface area (Å²) in [6, 6.07) is 0. The molecule has 0 saturated carbocycles. The van der Waals surface area contributed by atoms with Crippen molar-refractivity contribution in [3.05, 3.63) is 35.1 Å². The van der Waals surface area contributed by atoms with E-state index in [1.54, 1.807) is 18.6 Å². The van der Waals surface area contributed by atoms with Crippen molar-refractivity contribution < 1.29 is 0 Å². The number of aromatic nitrogens is 4. The van der Waals surface area contributed by atoms with Crippen LogP contribution in [0.4, 0.5) is 0 Å². The zero-order valence-electron chi connectivity index (χ0n) is 10.9. The first kappa shape index (κ1) is 12.9. The lowest BCUT2D eigenvalue weighted by Crippen LogP contribution is -2.17. The van der Waals surface area contributed by atoms with E-state index in [1.807, 2.05) is 6.92 Å². The fourth-order valence-electron chi connectivity index (χ4n) is 1.50. The highest BCUT2D eigenvalue weighted by Crippen LogP contribution is 2.27. The van der Waals surface area contributed by atoms with Crippen LogP contribution < -0.4 is 0 Å². The van der Waals surface area contributed by atoms with Gasteiger partial charge in [0.1, 0.15) is 16.7 Å². The molecule has 94 valence electrons. The summed E-state index contributed by atoms with van der Waals surface area (Å²) in [4.78, 5) is 17.2. The molecule has 0 aliphatic heterocycles. The maximum Gasteiger partial charge on any atom is 0.136 e. The van der Waals surface area contributed by atoms with Crippen LogP contribution >= 0.6 is 11.6 Å². The quantitative estimate of drug-likeness (QED) is 0.741. The third-order valence-electron chi connectivity index (χ3n) is 2.56. The Labute approximate surface area is 111 Å². The third kappa shape index (κ3) is 2.48. The van der Waals surface area contributed by atoms with E-state index in [2.05, 4.69) is 40.7 Å². The van der Waals surface area contributed by atoms with Gasteiger partial charge in [-0.2, -0.15) is 0 Å². The summed E-state index contributed by atoms with van der Waals surface area (Å²) < 4.78 is 0. The Kier molecular flexibility index (Phi) is 3.30. The molecule has 0 aromatic carbocycles. The number of nitrogens with zero attached hydrogens (tertiary/aromatic N) is 4. The van der Waals surface area contributed by atoms with Gasteiger partial charge in [0.2, 0.25) is 0 Å². The number of halogens is 1. The molecule has 2 aromatic heterocycles. The van der Waals surface area contributed by atoms with Crippen LogP contribution in [0.5, 0.6) is 0 Å². The summed E-state index contributed by atoms with van der Waals surface area (Å²) in [5, 5.41) is 0.468. The van der Waals surface area contributed by atoms with Crippen LogP contribution in [0.2, 0.25) is 5.15 Å². The highest BCUT2D eigenvalue weighted by Gasteiger charge is 2.21. The van der Waals surface area contributed by atoms with Crippen LogP contribution in [0, 0.1) is 6.92 Å². The molecule has 5 heteroatoms. The molecule has 0 radical (unpaired) electrons. The number of hydrogen-bond donors (Lipinski definition) is 0. The first-order chi connectivity index (χ1) is 8.39. The Morgan fingerprint density at radius 3 is 2.39 bits per heavy atom. The monoisotopic (exact) mass is 262 g/mol. The number of rotatable bonds is 1. The van der Waals surface area contributed by atoms with Crippen LogP contribution in [0.3, 0.4) is 0 Å². The lowest BCUT2D eigenvalue weighted by atomic mass is 9.95. The van der Waals surface area contributed by atoms with Crippen LogP contribution in [-0.2, 0) is 5.41 Å². The maximum atomic E-state index is 6.18. The molecule has 4 nitrogen and oxygen atoms in total. The van der Waals surface area contributed by atoms with Gasteiger partial charge in [-0.1, -0.05) is 32.4 Å². The van der Waals surface area contributed by atoms with E-state index in [0.717, 1.165) is 11.3 Å².